The molecule has 26 heavy (non-hydrogen) atoms. The van der Waals surface area contributed by atoms with Crippen LogP contribution in [0.4, 0.5) is 5.69 Å². The van der Waals surface area contributed by atoms with Crippen LogP contribution >= 0.6 is 0 Å². The second-order valence-electron chi connectivity index (χ2n) is 6.09. The molecule has 1 aromatic carbocycles. The van der Waals surface area contributed by atoms with E-state index in [4.69, 9.17) is 4.74 Å². The standard InChI is InChI=1S/C21H27N3O2/c1-5-23(18-9-7-6-8-10-18)21(25)16-24(22-15-17(2)3)19-11-13-20(26-4)14-12-19/h7,9-15H,2,5-6,8,16H2,1,3-4H3/b22-15-. The average Bonchev–Trinajstić information content (AvgIpc) is 2.66. The fourth-order valence-corrected chi connectivity index (χ4v) is 2.64. The molecule has 1 aliphatic rings. The molecular formula is C21H27N3O2. The Balaban J connectivity index is 2.21. The van der Waals surface area contributed by atoms with Crippen LogP contribution in [-0.2, 0) is 4.79 Å². The summed E-state index contributed by atoms with van der Waals surface area (Å²) in [6.45, 7) is 8.46. The highest BCUT2D eigenvalue weighted by Crippen LogP contribution is 2.21. The SMILES string of the molecule is C=C(C)/C=N\N(CC(=O)N(CC)C1=CCCC=C1)c1ccc(OC)cc1. The molecule has 0 atom stereocenters. The van der Waals surface area contributed by atoms with E-state index in [1.165, 1.54) is 0 Å². The van der Waals surface area contributed by atoms with Crippen molar-refractivity contribution in [2.45, 2.75) is 26.7 Å². The molecular weight excluding hydrogens is 326 g/mol. The topological polar surface area (TPSA) is 45.1 Å². The van der Waals surface area contributed by atoms with Crippen LogP contribution in [-0.4, -0.2) is 37.2 Å². The van der Waals surface area contributed by atoms with E-state index in [2.05, 4.69) is 23.8 Å². The normalized spacial score (nSPS) is 13.4. The van der Waals surface area contributed by atoms with Crippen LogP contribution in [0.2, 0.25) is 0 Å². The molecule has 1 amide bonds. The van der Waals surface area contributed by atoms with Gasteiger partial charge in [-0.1, -0.05) is 18.7 Å². The molecule has 0 heterocycles. The fraction of sp³-hybridized carbons (Fsp3) is 0.333. The zero-order chi connectivity index (χ0) is 18.9. The molecule has 0 aromatic heterocycles. The average molecular weight is 353 g/mol. The van der Waals surface area contributed by atoms with Gasteiger partial charge in [0.2, 0.25) is 5.91 Å². The zero-order valence-corrected chi connectivity index (χ0v) is 15.8. The number of ether oxygens (including phenoxy) is 1. The highest BCUT2D eigenvalue weighted by molar-refractivity contribution is 5.85. The smallest absolute Gasteiger partial charge is 0.248 e. The van der Waals surface area contributed by atoms with Gasteiger partial charge >= 0.3 is 0 Å². The molecule has 5 heteroatoms. The third kappa shape index (κ3) is 5.34. The molecule has 0 saturated carbocycles. The Hall–Kier alpha value is -2.82. The van der Waals surface area contributed by atoms with Crippen molar-refractivity contribution in [3.8, 4) is 5.75 Å². The Bertz CT molecular complexity index is 717. The monoisotopic (exact) mass is 353 g/mol. The first-order chi connectivity index (χ1) is 12.5. The number of amides is 1. The molecule has 138 valence electrons. The number of hydrogen-bond acceptors (Lipinski definition) is 4. The van der Waals surface area contributed by atoms with Gasteiger partial charge in [0.25, 0.3) is 0 Å². The van der Waals surface area contributed by atoms with E-state index in [1.54, 1.807) is 23.2 Å². The minimum Gasteiger partial charge on any atom is -0.497 e. The van der Waals surface area contributed by atoms with Gasteiger partial charge in [0.15, 0.2) is 0 Å². The van der Waals surface area contributed by atoms with Crippen molar-refractivity contribution in [1.82, 2.24) is 4.90 Å². The van der Waals surface area contributed by atoms with Gasteiger partial charge in [0, 0.05) is 18.5 Å². The summed E-state index contributed by atoms with van der Waals surface area (Å²) in [6.07, 6.45) is 9.87. The third-order valence-electron chi connectivity index (χ3n) is 3.98. The maximum Gasteiger partial charge on any atom is 0.248 e. The molecule has 0 unspecified atom stereocenters. The van der Waals surface area contributed by atoms with Crippen LogP contribution in [0.5, 0.6) is 5.75 Å². The number of benzene rings is 1. The highest BCUT2D eigenvalue weighted by atomic mass is 16.5. The van der Waals surface area contributed by atoms with Crippen LogP contribution in [0.3, 0.4) is 0 Å². The summed E-state index contributed by atoms with van der Waals surface area (Å²) < 4.78 is 5.20. The number of hydrazone groups is 1. The minimum atomic E-state index is -0.0000154. The van der Waals surface area contributed by atoms with E-state index in [0.717, 1.165) is 35.5 Å². The van der Waals surface area contributed by atoms with Crippen LogP contribution in [0.25, 0.3) is 0 Å². The van der Waals surface area contributed by atoms with Crippen molar-refractivity contribution in [3.63, 3.8) is 0 Å². The Kier molecular flexibility index (Phi) is 7.21. The number of methoxy groups -OCH3 is 1. The molecule has 0 spiro atoms. The summed E-state index contributed by atoms with van der Waals surface area (Å²) in [7, 11) is 1.63. The first-order valence-corrected chi connectivity index (χ1v) is 8.83. The van der Waals surface area contributed by atoms with Crippen LogP contribution in [0.15, 0.2) is 65.4 Å². The fourth-order valence-electron chi connectivity index (χ4n) is 2.64. The van der Waals surface area contributed by atoms with Gasteiger partial charge in [-0.3, -0.25) is 9.80 Å². The third-order valence-corrected chi connectivity index (χ3v) is 3.98. The summed E-state index contributed by atoms with van der Waals surface area (Å²) in [5, 5.41) is 6.12. The Labute approximate surface area is 155 Å². The van der Waals surface area contributed by atoms with Crippen LogP contribution in [0, 0.1) is 0 Å². The van der Waals surface area contributed by atoms with Gasteiger partial charge in [0.05, 0.1) is 12.8 Å². The first kappa shape index (κ1) is 19.5. The van der Waals surface area contributed by atoms with E-state index in [1.807, 2.05) is 44.2 Å². The number of carbonyl (C=O) groups excluding carboxylic acids is 1. The van der Waals surface area contributed by atoms with Crippen molar-refractivity contribution in [2.24, 2.45) is 5.10 Å². The lowest BCUT2D eigenvalue weighted by Crippen LogP contribution is -2.38. The molecule has 0 bridgehead atoms. The van der Waals surface area contributed by atoms with Gasteiger partial charge in [-0.05, 0) is 62.6 Å². The van der Waals surface area contributed by atoms with Crippen molar-refractivity contribution >= 4 is 17.8 Å². The number of likely N-dealkylation sites (N-methyl/N-ethyl adjacent to an activating group) is 1. The van der Waals surface area contributed by atoms with E-state index < -0.39 is 0 Å². The summed E-state index contributed by atoms with van der Waals surface area (Å²) in [6, 6.07) is 7.48. The quantitative estimate of drug-likeness (QED) is 0.521. The van der Waals surface area contributed by atoms with E-state index in [-0.39, 0.29) is 12.5 Å². The molecule has 0 fully saturated rings. The zero-order valence-electron chi connectivity index (χ0n) is 15.8. The molecule has 0 N–H and O–H groups in total. The molecule has 0 radical (unpaired) electrons. The molecule has 0 saturated heterocycles. The highest BCUT2D eigenvalue weighted by Gasteiger charge is 2.19. The minimum absolute atomic E-state index is 0.0000154. The summed E-state index contributed by atoms with van der Waals surface area (Å²) in [4.78, 5) is 14.7. The van der Waals surface area contributed by atoms with Crippen molar-refractivity contribution in [3.05, 3.63) is 60.3 Å². The molecule has 1 aliphatic carbocycles. The van der Waals surface area contributed by atoms with Crippen LogP contribution < -0.4 is 9.75 Å². The predicted molar refractivity (Wildman–Crippen MR) is 107 cm³/mol. The molecule has 1 aromatic rings. The maximum atomic E-state index is 12.9. The number of allylic oxidation sites excluding steroid dienone is 4. The molecule has 5 nitrogen and oxygen atoms in total. The first-order valence-electron chi connectivity index (χ1n) is 8.83. The van der Waals surface area contributed by atoms with Crippen molar-refractivity contribution in [1.29, 1.82) is 0 Å². The van der Waals surface area contributed by atoms with Gasteiger partial charge in [-0.2, -0.15) is 5.10 Å². The van der Waals surface area contributed by atoms with E-state index >= 15 is 0 Å². The van der Waals surface area contributed by atoms with E-state index in [9.17, 15) is 4.79 Å². The summed E-state index contributed by atoms with van der Waals surface area (Å²) in [5.41, 5.74) is 2.60. The van der Waals surface area contributed by atoms with Gasteiger partial charge < -0.3 is 9.64 Å². The lowest BCUT2D eigenvalue weighted by molar-refractivity contribution is -0.127. The number of nitrogens with zero attached hydrogens (tertiary/aromatic N) is 3. The van der Waals surface area contributed by atoms with E-state index in [0.29, 0.717) is 6.54 Å². The van der Waals surface area contributed by atoms with Crippen molar-refractivity contribution < 1.29 is 9.53 Å². The van der Waals surface area contributed by atoms with Gasteiger partial charge in [-0.15, -0.1) is 0 Å². The second-order valence-corrected chi connectivity index (χ2v) is 6.09. The molecule has 0 aliphatic heterocycles. The summed E-state index contributed by atoms with van der Waals surface area (Å²) >= 11 is 0. The Morgan fingerprint density at radius 1 is 1.31 bits per heavy atom. The number of rotatable bonds is 8. The van der Waals surface area contributed by atoms with Gasteiger partial charge in [-0.25, -0.2) is 0 Å². The maximum absolute atomic E-state index is 12.9. The lowest BCUT2D eigenvalue weighted by Gasteiger charge is -2.27. The summed E-state index contributed by atoms with van der Waals surface area (Å²) in [5.74, 6) is 0.761. The van der Waals surface area contributed by atoms with Crippen LogP contribution in [0.1, 0.15) is 26.7 Å². The predicted octanol–water partition coefficient (Wildman–Crippen LogP) is 4.15. The van der Waals surface area contributed by atoms with Crippen molar-refractivity contribution in [2.75, 3.05) is 25.2 Å². The Morgan fingerprint density at radius 3 is 2.58 bits per heavy atom. The largest absolute Gasteiger partial charge is 0.497 e. The molecule has 2 rings (SSSR count). The lowest BCUT2D eigenvalue weighted by atomic mass is 10.1. The Morgan fingerprint density at radius 2 is 2.04 bits per heavy atom. The van der Waals surface area contributed by atoms with Gasteiger partial charge in [0.1, 0.15) is 12.3 Å². The second kappa shape index (κ2) is 9.61. The number of carbonyl (C=O) groups is 1. The number of anilines is 1. The number of hydrogen-bond donors (Lipinski definition) is 0.